The lowest BCUT2D eigenvalue weighted by Crippen LogP contribution is -2.04. The fourth-order valence-electron chi connectivity index (χ4n) is 1.67. The topological polar surface area (TPSA) is 68.5 Å². The number of rotatable bonds is 5. The molecule has 20 heavy (non-hydrogen) atoms. The van der Waals surface area contributed by atoms with Crippen LogP contribution in [0.1, 0.15) is 13.3 Å². The van der Waals surface area contributed by atoms with E-state index in [1.165, 1.54) is 11.8 Å². The van der Waals surface area contributed by atoms with Crippen molar-refractivity contribution in [3.05, 3.63) is 17.8 Å². The van der Waals surface area contributed by atoms with Crippen molar-refractivity contribution in [3.63, 3.8) is 0 Å². The molecule has 0 aliphatic rings. The van der Waals surface area contributed by atoms with Gasteiger partial charge in [0.15, 0.2) is 5.16 Å². The second-order valence-corrected chi connectivity index (χ2v) is 6.10. The van der Waals surface area contributed by atoms with Gasteiger partial charge in [-0.05, 0) is 29.6 Å². The standard InChI is InChI=1S/C12H14N6S2/c1-3-5-13-11-15-9-8(4-6-19-9)10(16-11)20-12-17-14-7-18(12)2/h4,6-7H,3,5H2,1-2H3,(H,13,15,16). The smallest absolute Gasteiger partial charge is 0.225 e. The SMILES string of the molecule is CCCNc1nc(Sc2nncn2C)c2ccsc2n1. The maximum absolute atomic E-state index is 4.59. The molecule has 0 amide bonds. The fraction of sp³-hybridized carbons (Fsp3) is 0.333. The molecule has 0 spiro atoms. The lowest BCUT2D eigenvalue weighted by atomic mass is 10.4. The molecule has 6 nitrogen and oxygen atoms in total. The summed E-state index contributed by atoms with van der Waals surface area (Å²) < 4.78 is 1.88. The highest BCUT2D eigenvalue weighted by Crippen LogP contribution is 2.33. The second-order valence-electron chi connectivity index (χ2n) is 4.25. The predicted molar refractivity (Wildman–Crippen MR) is 81.3 cm³/mol. The zero-order chi connectivity index (χ0) is 13.9. The summed E-state index contributed by atoms with van der Waals surface area (Å²) in [6, 6.07) is 2.04. The largest absolute Gasteiger partial charge is 0.354 e. The highest BCUT2D eigenvalue weighted by Gasteiger charge is 2.12. The molecule has 0 aliphatic carbocycles. The Labute approximate surface area is 124 Å². The number of nitrogens with zero attached hydrogens (tertiary/aromatic N) is 5. The number of thiophene rings is 1. The highest BCUT2D eigenvalue weighted by molar-refractivity contribution is 7.99. The van der Waals surface area contributed by atoms with E-state index in [1.807, 2.05) is 23.1 Å². The zero-order valence-corrected chi connectivity index (χ0v) is 12.8. The quantitative estimate of drug-likeness (QED) is 0.731. The minimum atomic E-state index is 0.673. The summed E-state index contributed by atoms with van der Waals surface area (Å²) in [6.45, 7) is 2.98. The third kappa shape index (κ3) is 2.61. The van der Waals surface area contributed by atoms with Gasteiger partial charge in [0.05, 0.1) is 0 Å². The Morgan fingerprint density at radius 2 is 2.30 bits per heavy atom. The molecule has 3 heterocycles. The average Bonchev–Trinajstić information content (AvgIpc) is 3.06. The maximum Gasteiger partial charge on any atom is 0.225 e. The molecule has 8 heteroatoms. The Morgan fingerprint density at radius 3 is 3.05 bits per heavy atom. The minimum Gasteiger partial charge on any atom is -0.354 e. The van der Waals surface area contributed by atoms with E-state index >= 15 is 0 Å². The van der Waals surface area contributed by atoms with Gasteiger partial charge in [-0.2, -0.15) is 0 Å². The average molecular weight is 306 g/mol. The maximum atomic E-state index is 4.59. The third-order valence-corrected chi connectivity index (χ3v) is 4.54. The van der Waals surface area contributed by atoms with Crippen LogP contribution in [0, 0.1) is 0 Å². The van der Waals surface area contributed by atoms with Gasteiger partial charge in [0.25, 0.3) is 0 Å². The first kappa shape index (κ1) is 13.3. The summed E-state index contributed by atoms with van der Waals surface area (Å²) in [6.07, 6.45) is 2.72. The van der Waals surface area contributed by atoms with Crippen LogP contribution in [0.4, 0.5) is 5.95 Å². The van der Waals surface area contributed by atoms with E-state index in [-0.39, 0.29) is 0 Å². The van der Waals surface area contributed by atoms with Crippen LogP contribution in [0.15, 0.2) is 28.0 Å². The molecule has 0 aromatic carbocycles. The summed E-state index contributed by atoms with van der Waals surface area (Å²) in [5, 5.41) is 16.0. The van der Waals surface area contributed by atoms with Crippen LogP contribution in [0.25, 0.3) is 10.2 Å². The van der Waals surface area contributed by atoms with Crippen LogP contribution in [0.5, 0.6) is 0 Å². The van der Waals surface area contributed by atoms with Crippen molar-refractivity contribution >= 4 is 39.3 Å². The molecular weight excluding hydrogens is 292 g/mol. The fourth-order valence-corrected chi connectivity index (χ4v) is 3.36. The predicted octanol–water partition coefficient (Wildman–Crippen LogP) is 2.79. The number of aryl methyl sites for hydroxylation is 1. The summed E-state index contributed by atoms with van der Waals surface area (Å²) in [4.78, 5) is 10.1. The molecule has 3 aromatic rings. The molecule has 0 bridgehead atoms. The van der Waals surface area contributed by atoms with Crippen LogP contribution < -0.4 is 5.32 Å². The van der Waals surface area contributed by atoms with Crippen LogP contribution >= 0.6 is 23.1 Å². The highest BCUT2D eigenvalue weighted by atomic mass is 32.2. The normalized spacial score (nSPS) is 11.1. The van der Waals surface area contributed by atoms with Gasteiger partial charge in [0.2, 0.25) is 5.95 Å². The molecule has 0 aliphatic heterocycles. The molecular formula is C12H14N6S2. The number of fused-ring (bicyclic) bond motifs is 1. The van der Waals surface area contributed by atoms with Crippen molar-refractivity contribution in [2.75, 3.05) is 11.9 Å². The van der Waals surface area contributed by atoms with Crippen LogP contribution in [0.3, 0.4) is 0 Å². The van der Waals surface area contributed by atoms with Gasteiger partial charge in [-0.25, -0.2) is 9.97 Å². The number of hydrogen-bond acceptors (Lipinski definition) is 7. The minimum absolute atomic E-state index is 0.673. The number of nitrogens with one attached hydrogen (secondary N) is 1. The van der Waals surface area contributed by atoms with Gasteiger partial charge >= 0.3 is 0 Å². The van der Waals surface area contributed by atoms with Gasteiger partial charge in [0.1, 0.15) is 16.2 Å². The summed E-state index contributed by atoms with van der Waals surface area (Å²) in [7, 11) is 1.92. The van der Waals surface area contributed by atoms with Crippen LogP contribution in [0.2, 0.25) is 0 Å². The molecule has 3 aromatic heterocycles. The van der Waals surface area contributed by atoms with E-state index in [0.717, 1.165) is 33.4 Å². The lowest BCUT2D eigenvalue weighted by molar-refractivity contribution is 0.787. The molecule has 0 fully saturated rings. The first-order valence-electron chi connectivity index (χ1n) is 6.29. The monoisotopic (exact) mass is 306 g/mol. The molecule has 0 saturated carbocycles. The molecule has 104 valence electrons. The van der Waals surface area contributed by atoms with Crippen molar-refractivity contribution in [3.8, 4) is 0 Å². The molecule has 0 saturated heterocycles. The van der Waals surface area contributed by atoms with E-state index in [9.17, 15) is 0 Å². The Kier molecular flexibility index (Phi) is 3.83. The van der Waals surface area contributed by atoms with Crippen LogP contribution in [-0.2, 0) is 7.05 Å². The van der Waals surface area contributed by atoms with Crippen molar-refractivity contribution < 1.29 is 0 Å². The van der Waals surface area contributed by atoms with E-state index < -0.39 is 0 Å². The number of anilines is 1. The van der Waals surface area contributed by atoms with E-state index in [4.69, 9.17) is 0 Å². The summed E-state index contributed by atoms with van der Waals surface area (Å²) in [5.74, 6) is 0.673. The van der Waals surface area contributed by atoms with Gasteiger partial charge in [-0.15, -0.1) is 21.5 Å². The molecule has 0 atom stereocenters. The Morgan fingerprint density at radius 1 is 1.40 bits per heavy atom. The van der Waals surface area contributed by atoms with Gasteiger partial charge < -0.3 is 9.88 Å². The number of aromatic nitrogens is 5. The molecule has 0 unspecified atom stereocenters. The Hall–Kier alpha value is -1.67. The number of hydrogen-bond donors (Lipinski definition) is 1. The van der Waals surface area contributed by atoms with Crippen molar-refractivity contribution in [1.82, 2.24) is 24.7 Å². The van der Waals surface area contributed by atoms with Crippen molar-refractivity contribution in [1.29, 1.82) is 0 Å². The lowest BCUT2D eigenvalue weighted by Gasteiger charge is -2.06. The third-order valence-electron chi connectivity index (χ3n) is 2.68. The van der Waals surface area contributed by atoms with Gasteiger partial charge in [-0.3, -0.25) is 0 Å². The first-order chi connectivity index (χ1) is 9.78. The van der Waals surface area contributed by atoms with Crippen molar-refractivity contribution in [2.45, 2.75) is 23.5 Å². The second kappa shape index (κ2) is 5.76. The Bertz CT molecular complexity index is 720. The first-order valence-corrected chi connectivity index (χ1v) is 7.98. The van der Waals surface area contributed by atoms with E-state index in [1.54, 1.807) is 17.7 Å². The summed E-state index contributed by atoms with van der Waals surface area (Å²) in [5.41, 5.74) is 0. The van der Waals surface area contributed by atoms with Gasteiger partial charge in [0, 0.05) is 19.0 Å². The van der Waals surface area contributed by atoms with E-state index in [2.05, 4.69) is 32.4 Å². The zero-order valence-electron chi connectivity index (χ0n) is 11.2. The van der Waals surface area contributed by atoms with Crippen LogP contribution in [-0.4, -0.2) is 31.3 Å². The molecule has 1 N–H and O–H groups in total. The van der Waals surface area contributed by atoms with E-state index in [0.29, 0.717) is 5.95 Å². The molecule has 3 rings (SSSR count). The summed E-state index contributed by atoms with van der Waals surface area (Å²) >= 11 is 3.13. The van der Waals surface area contributed by atoms with Gasteiger partial charge in [-0.1, -0.05) is 6.92 Å². The van der Waals surface area contributed by atoms with Crippen molar-refractivity contribution in [2.24, 2.45) is 7.05 Å². The molecule has 0 radical (unpaired) electrons. The Balaban J connectivity index is 1.99.